The van der Waals surface area contributed by atoms with Crippen molar-refractivity contribution in [1.29, 1.82) is 0 Å². The summed E-state index contributed by atoms with van der Waals surface area (Å²) in [7, 11) is 0. The van der Waals surface area contributed by atoms with Gasteiger partial charge in [-0.1, -0.05) is 34.1 Å². The van der Waals surface area contributed by atoms with E-state index in [-0.39, 0.29) is 0 Å². The van der Waals surface area contributed by atoms with E-state index in [4.69, 9.17) is 5.73 Å². The largest absolute Gasteiger partial charge is 0.330 e. The third-order valence-corrected chi connectivity index (χ3v) is 2.85. The van der Waals surface area contributed by atoms with Gasteiger partial charge < -0.3 is 10.6 Å². The van der Waals surface area contributed by atoms with Gasteiger partial charge in [0, 0.05) is 6.54 Å². The lowest BCUT2D eigenvalue weighted by Crippen LogP contribution is -2.40. The summed E-state index contributed by atoms with van der Waals surface area (Å²) in [6.45, 7) is 13.2. The van der Waals surface area contributed by atoms with Gasteiger partial charge in [0.15, 0.2) is 0 Å². The van der Waals surface area contributed by atoms with Crippen molar-refractivity contribution in [2.75, 3.05) is 26.2 Å². The highest BCUT2D eigenvalue weighted by Crippen LogP contribution is 2.22. The molecule has 0 saturated carbocycles. The molecule has 0 aliphatic carbocycles. The molecule has 13 heavy (non-hydrogen) atoms. The van der Waals surface area contributed by atoms with Crippen LogP contribution in [-0.4, -0.2) is 31.1 Å². The molecule has 0 amide bonds. The van der Waals surface area contributed by atoms with Crippen molar-refractivity contribution in [2.45, 2.75) is 40.5 Å². The van der Waals surface area contributed by atoms with Crippen molar-refractivity contribution in [2.24, 2.45) is 11.1 Å². The first-order chi connectivity index (χ1) is 6.11. The molecule has 0 aliphatic rings. The van der Waals surface area contributed by atoms with Gasteiger partial charge >= 0.3 is 0 Å². The van der Waals surface area contributed by atoms with Gasteiger partial charge in [0.25, 0.3) is 0 Å². The summed E-state index contributed by atoms with van der Waals surface area (Å²) in [4.78, 5) is 2.46. The van der Waals surface area contributed by atoms with Crippen LogP contribution in [0.4, 0.5) is 0 Å². The average Bonchev–Trinajstić information content (AvgIpc) is 2.15. The average molecular weight is 186 g/mol. The Hall–Kier alpha value is -0.0800. The molecule has 0 saturated heterocycles. The first-order valence-corrected chi connectivity index (χ1v) is 5.54. The molecule has 80 valence electrons. The van der Waals surface area contributed by atoms with E-state index in [0.29, 0.717) is 5.41 Å². The molecule has 0 heterocycles. The van der Waals surface area contributed by atoms with Crippen LogP contribution in [0, 0.1) is 5.41 Å². The summed E-state index contributed by atoms with van der Waals surface area (Å²) < 4.78 is 0. The Morgan fingerprint density at radius 1 is 1.15 bits per heavy atom. The van der Waals surface area contributed by atoms with E-state index >= 15 is 0 Å². The molecule has 0 aromatic rings. The Labute approximate surface area is 83.5 Å². The van der Waals surface area contributed by atoms with Crippen LogP contribution in [0.25, 0.3) is 0 Å². The normalized spacial score (nSPS) is 16.2. The van der Waals surface area contributed by atoms with Gasteiger partial charge in [0.2, 0.25) is 0 Å². The molecule has 0 aromatic heterocycles. The van der Waals surface area contributed by atoms with Gasteiger partial charge in [-0.2, -0.15) is 0 Å². The van der Waals surface area contributed by atoms with Gasteiger partial charge in [0.1, 0.15) is 0 Å². The lowest BCUT2D eigenvalue weighted by molar-refractivity contribution is 0.170. The van der Waals surface area contributed by atoms with E-state index < -0.39 is 0 Å². The van der Waals surface area contributed by atoms with Gasteiger partial charge in [0.05, 0.1) is 0 Å². The smallest absolute Gasteiger partial charge is 0.00472 e. The van der Waals surface area contributed by atoms with Crippen LogP contribution in [0.3, 0.4) is 0 Å². The SMILES string of the molecule is CCCC(C)(CN)CN(CC)CC. The standard InChI is InChI=1S/C11H26N2/c1-5-8-11(4,9-12)10-13(6-2)7-3/h5-10,12H2,1-4H3. The summed E-state index contributed by atoms with van der Waals surface area (Å²) in [6.07, 6.45) is 2.47. The van der Waals surface area contributed by atoms with E-state index in [2.05, 4.69) is 32.6 Å². The number of rotatable bonds is 7. The van der Waals surface area contributed by atoms with E-state index in [1.165, 1.54) is 12.8 Å². The summed E-state index contributed by atoms with van der Waals surface area (Å²) >= 11 is 0. The molecular formula is C11H26N2. The second kappa shape index (κ2) is 6.39. The van der Waals surface area contributed by atoms with Crippen molar-refractivity contribution in [3.8, 4) is 0 Å². The molecule has 0 bridgehead atoms. The van der Waals surface area contributed by atoms with Crippen LogP contribution < -0.4 is 5.73 Å². The highest BCUT2D eigenvalue weighted by Gasteiger charge is 2.23. The van der Waals surface area contributed by atoms with Crippen molar-refractivity contribution in [3.63, 3.8) is 0 Å². The molecule has 0 radical (unpaired) electrons. The molecule has 1 unspecified atom stereocenters. The predicted octanol–water partition coefficient (Wildman–Crippen LogP) is 2.09. The minimum atomic E-state index is 0.320. The highest BCUT2D eigenvalue weighted by atomic mass is 15.1. The summed E-state index contributed by atoms with van der Waals surface area (Å²) in [5.74, 6) is 0. The van der Waals surface area contributed by atoms with E-state index in [0.717, 1.165) is 26.2 Å². The van der Waals surface area contributed by atoms with Crippen LogP contribution in [0.2, 0.25) is 0 Å². The Morgan fingerprint density at radius 3 is 2.00 bits per heavy atom. The van der Waals surface area contributed by atoms with E-state index in [9.17, 15) is 0 Å². The fourth-order valence-electron chi connectivity index (χ4n) is 1.84. The zero-order chi connectivity index (χ0) is 10.3. The van der Waals surface area contributed by atoms with E-state index in [1.54, 1.807) is 0 Å². The molecule has 2 heteroatoms. The summed E-state index contributed by atoms with van der Waals surface area (Å²) in [6, 6.07) is 0. The molecule has 0 rings (SSSR count). The minimum absolute atomic E-state index is 0.320. The fraction of sp³-hybridized carbons (Fsp3) is 1.00. The molecule has 2 nitrogen and oxygen atoms in total. The minimum Gasteiger partial charge on any atom is -0.330 e. The lowest BCUT2D eigenvalue weighted by atomic mass is 9.85. The first kappa shape index (κ1) is 12.9. The summed E-state index contributed by atoms with van der Waals surface area (Å²) in [5.41, 5.74) is 6.14. The first-order valence-electron chi connectivity index (χ1n) is 5.54. The third kappa shape index (κ3) is 4.63. The Morgan fingerprint density at radius 2 is 1.69 bits per heavy atom. The maximum atomic E-state index is 5.82. The number of hydrogen-bond donors (Lipinski definition) is 1. The topological polar surface area (TPSA) is 29.3 Å². The van der Waals surface area contributed by atoms with Gasteiger partial charge in [-0.15, -0.1) is 0 Å². The Bertz CT molecular complexity index is 121. The van der Waals surface area contributed by atoms with Crippen LogP contribution in [0.15, 0.2) is 0 Å². The molecule has 0 aromatic carbocycles. The predicted molar refractivity (Wildman–Crippen MR) is 59.9 cm³/mol. The van der Waals surface area contributed by atoms with Crippen molar-refractivity contribution in [3.05, 3.63) is 0 Å². The van der Waals surface area contributed by atoms with Crippen molar-refractivity contribution < 1.29 is 0 Å². The maximum absolute atomic E-state index is 5.82. The molecule has 0 fully saturated rings. The highest BCUT2D eigenvalue weighted by molar-refractivity contribution is 4.78. The molecular weight excluding hydrogens is 160 g/mol. The number of nitrogens with zero attached hydrogens (tertiary/aromatic N) is 1. The number of hydrogen-bond acceptors (Lipinski definition) is 2. The van der Waals surface area contributed by atoms with Crippen LogP contribution in [0.1, 0.15) is 40.5 Å². The van der Waals surface area contributed by atoms with Crippen LogP contribution >= 0.6 is 0 Å². The third-order valence-electron chi connectivity index (χ3n) is 2.85. The lowest BCUT2D eigenvalue weighted by Gasteiger charge is -2.33. The van der Waals surface area contributed by atoms with Crippen molar-refractivity contribution in [1.82, 2.24) is 4.90 Å². The second-order valence-electron chi connectivity index (χ2n) is 4.23. The van der Waals surface area contributed by atoms with Crippen LogP contribution in [0.5, 0.6) is 0 Å². The summed E-state index contributed by atoms with van der Waals surface area (Å²) in [5, 5.41) is 0. The fourth-order valence-corrected chi connectivity index (χ4v) is 1.84. The van der Waals surface area contributed by atoms with Crippen LogP contribution in [-0.2, 0) is 0 Å². The molecule has 0 spiro atoms. The quantitative estimate of drug-likeness (QED) is 0.659. The zero-order valence-corrected chi connectivity index (χ0v) is 9.77. The second-order valence-corrected chi connectivity index (χ2v) is 4.23. The van der Waals surface area contributed by atoms with Gasteiger partial charge in [-0.25, -0.2) is 0 Å². The molecule has 1 atom stereocenters. The Balaban J connectivity index is 4.07. The Kier molecular flexibility index (Phi) is 6.35. The van der Waals surface area contributed by atoms with Gasteiger partial charge in [-0.05, 0) is 31.5 Å². The zero-order valence-electron chi connectivity index (χ0n) is 9.77. The van der Waals surface area contributed by atoms with Gasteiger partial charge in [-0.3, -0.25) is 0 Å². The van der Waals surface area contributed by atoms with E-state index in [1.807, 2.05) is 0 Å². The maximum Gasteiger partial charge on any atom is 0.00472 e. The molecule has 0 aliphatic heterocycles. The monoisotopic (exact) mass is 186 g/mol. The number of nitrogens with two attached hydrogens (primary N) is 1. The molecule has 2 N–H and O–H groups in total. The van der Waals surface area contributed by atoms with Crippen molar-refractivity contribution >= 4 is 0 Å².